The largest absolute Gasteiger partial charge is 0.492 e. The lowest BCUT2D eigenvalue weighted by Gasteiger charge is -2.27. The molecule has 0 spiro atoms. The normalized spacial score (nSPS) is 15.0. The maximum absolute atomic E-state index is 7.24. The monoisotopic (exact) mass is 706 g/mol. The van der Waals surface area contributed by atoms with Crippen LogP contribution in [0.5, 0.6) is 34.5 Å². The lowest BCUT2D eigenvalue weighted by molar-refractivity contribution is 0.358. The Morgan fingerprint density at radius 1 is 0.333 bits per heavy atom. The van der Waals surface area contributed by atoms with Gasteiger partial charge in [-0.15, -0.1) is 0 Å². The highest BCUT2D eigenvalue weighted by Crippen LogP contribution is 2.48. The molecule has 0 N–H and O–H groups in total. The molecule has 10 rings (SSSR count). The van der Waals surface area contributed by atoms with E-state index in [0.717, 1.165) is 70.8 Å². The minimum Gasteiger partial charge on any atom is -0.492 e. The molecule has 5 nitrogen and oxygen atoms in total. The minimum absolute atomic E-state index is 0.702. The number of hydrogen-bond acceptors (Lipinski definition) is 5. The van der Waals surface area contributed by atoms with Crippen LogP contribution in [0.2, 0.25) is 0 Å². The van der Waals surface area contributed by atoms with Crippen molar-refractivity contribution in [2.24, 2.45) is 0 Å². The van der Waals surface area contributed by atoms with Crippen molar-refractivity contribution >= 4 is 47.7 Å². The zero-order chi connectivity index (χ0) is 33.7. The SMILES string of the molecule is c1ccc(P(c2cccc3c2OCC3)c2cccc3c2OCC3)c(Oc2ccccc2P(c2cccc3c2OCC3)c2cccc3c2OCC3)c1. The zero-order valence-electron chi connectivity index (χ0n) is 28.1. The third-order valence-electron chi connectivity index (χ3n) is 10.2. The molecule has 0 saturated carbocycles. The van der Waals surface area contributed by atoms with Crippen LogP contribution in [0.1, 0.15) is 22.3 Å². The Hall–Kier alpha value is -4.82. The summed E-state index contributed by atoms with van der Waals surface area (Å²) in [7, 11) is -2.20. The molecule has 0 fully saturated rings. The number of hydrogen-bond donors (Lipinski definition) is 0. The lowest BCUT2D eigenvalue weighted by atomic mass is 10.2. The quantitative estimate of drug-likeness (QED) is 0.164. The average molecular weight is 707 g/mol. The van der Waals surface area contributed by atoms with Crippen LogP contribution in [-0.2, 0) is 25.7 Å². The summed E-state index contributed by atoms with van der Waals surface area (Å²) in [5.41, 5.74) is 5.05. The Morgan fingerprint density at radius 2 is 0.627 bits per heavy atom. The van der Waals surface area contributed by atoms with Crippen molar-refractivity contribution in [1.29, 1.82) is 0 Å². The van der Waals surface area contributed by atoms with Crippen molar-refractivity contribution in [2.45, 2.75) is 25.7 Å². The summed E-state index contributed by atoms with van der Waals surface area (Å²) in [5, 5.41) is 7.06. The van der Waals surface area contributed by atoms with Gasteiger partial charge in [-0.2, -0.15) is 0 Å². The highest BCUT2D eigenvalue weighted by Gasteiger charge is 2.34. The molecule has 7 heteroatoms. The Balaban J connectivity index is 1.14. The molecule has 4 aliphatic rings. The second kappa shape index (κ2) is 13.1. The molecular formula is C44H36O5P2. The van der Waals surface area contributed by atoms with Crippen molar-refractivity contribution in [1.82, 2.24) is 0 Å². The summed E-state index contributed by atoms with van der Waals surface area (Å²) in [4.78, 5) is 0. The smallest absolute Gasteiger partial charge is 0.135 e. The van der Waals surface area contributed by atoms with Crippen LogP contribution in [0.25, 0.3) is 0 Å². The van der Waals surface area contributed by atoms with E-state index in [9.17, 15) is 0 Å². The van der Waals surface area contributed by atoms with E-state index in [4.69, 9.17) is 23.7 Å². The van der Waals surface area contributed by atoms with E-state index < -0.39 is 15.8 Å². The Labute approximate surface area is 300 Å². The fourth-order valence-electron chi connectivity index (χ4n) is 7.85. The summed E-state index contributed by atoms with van der Waals surface area (Å²) in [6.45, 7) is 2.81. The molecule has 252 valence electrons. The molecule has 0 aromatic heterocycles. The summed E-state index contributed by atoms with van der Waals surface area (Å²) in [6, 6.07) is 43.5. The summed E-state index contributed by atoms with van der Waals surface area (Å²) in [6.07, 6.45) is 3.68. The molecule has 0 atom stereocenters. The van der Waals surface area contributed by atoms with Gasteiger partial charge < -0.3 is 23.7 Å². The zero-order valence-corrected chi connectivity index (χ0v) is 29.9. The predicted molar refractivity (Wildman–Crippen MR) is 207 cm³/mol. The standard InChI is InChI=1S/C44H36O5P2/c1-3-15-35(50(37-17-5-9-29-21-25-45-41(29)37)38-18-6-10-30-22-26-46-42(30)38)33(13-1)49-34-14-2-4-16-36(34)51(39-19-7-11-31-23-27-47-43(31)39)40-20-8-12-32-24-28-48-44(32)40/h1-20H,21-28H2. The van der Waals surface area contributed by atoms with E-state index in [1.165, 1.54) is 43.5 Å². The van der Waals surface area contributed by atoms with Crippen molar-refractivity contribution in [2.75, 3.05) is 26.4 Å². The van der Waals surface area contributed by atoms with Gasteiger partial charge in [-0.1, -0.05) is 109 Å². The van der Waals surface area contributed by atoms with E-state index in [-0.39, 0.29) is 0 Å². The maximum atomic E-state index is 7.24. The number of ether oxygens (including phenoxy) is 5. The number of fused-ring (bicyclic) bond motifs is 4. The number of para-hydroxylation sites is 6. The van der Waals surface area contributed by atoms with Crippen LogP contribution in [0.15, 0.2) is 121 Å². The highest BCUT2D eigenvalue weighted by atomic mass is 31.1. The van der Waals surface area contributed by atoms with Gasteiger partial charge >= 0.3 is 0 Å². The van der Waals surface area contributed by atoms with Gasteiger partial charge in [0.1, 0.15) is 34.5 Å². The second-order valence-corrected chi connectivity index (χ2v) is 17.4. The predicted octanol–water partition coefficient (Wildman–Crippen LogP) is 6.73. The molecule has 51 heavy (non-hydrogen) atoms. The second-order valence-electron chi connectivity index (χ2n) is 13.2. The average Bonchev–Trinajstić information content (AvgIpc) is 4.01. The molecule has 4 aliphatic heterocycles. The fraction of sp³-hybridized carbons (Fsp3) is 0.182. The Morgan fingerprint density at radius 3 is 0.961 bits per heavy atom. The first-order valence-electron chi connectivity index (χ1n) is 17.8. The van der Waals surface area contributed by atoms with E-state index in [1.54, 1.807) is 0 Å². The first-order chi connectivity index (χ1) is 25.3. The van der Waals surface area contributed by atoms with Gasteiger partial charge in [-0.25, -0.2) is 0 Å². The van der Waals surface area contributed by atoms with E-state index >= 15 is 0 Å². The van der Waals surface area contributed by atoms with Gasteiger partial charge in [0.25, 0.3) is 0 Å². The lowest BCUT2D eigenvalue weighted by Crippen LogP contribution is -2.26. The summed E-state index contributed by atoms with van der Waals surface area (Å²) < 4.78 is 32.7. The van der Waals surface area contributed by atoms with Gasteiger partial charge in [0.05, 0.1) is 26.4 Å². The molecule has 6 aromatic rings. The fourth-order valence-corrected chi connectivity index (χ4v) is 13.1. The van der Waals surface area contributed by atoms with Crippen LogP contribution < -0.4 is 55.5 Å². The van der Waals surface area contributed by atoms with E-state index in [0.29, 0.717) is 26.4 Å². The van der Waals surface area contributed by atoms with Crippen molar-refractivity contribution in [3.8, 4) is 34.5 Å². The van der Waals surface area contributed by atoms with E-state index in [2.05, 4.69) is 121 Å². The first-order valence-corrected chi connectivity index (χ1v) is 20.4. The molecule has 0 unspecified atom stereocenters. The third-order valence-corrected chi connectivity index (χ3v) is 15.2. The van der Waals surface area contributed by atoms with Gasteiger partial charge in [0, 0.05) is 57.5 Å². The number of rotatable bonds is 8. The molecule has 0 saturated heterocycles. The molecular weight excluding hydrogens is 670 g/mol. The third kappa shape index (κ3) is 5.38. The topological polar surface area (TPSA) is 46.2 Å². The molecule has 4 heterocycles. The summed E-state index contributed by atoms with van der Waals surface area (Å²) in [5.74, 6) is 5.70. The minimum atomic E-state index is -1.10. The van der Waals surface area contributed by atoms with Gasteiger partial charge in [0.2, 0.25) is 0 Å². The Kier molecular flexibility index (Phi) is 7.93. The van der Waals surface area contributed by atoms with Crippen molar-refractivity contribution in [3.05, 3.63) is 144 Å². The highest BCUT2D eigenvalue weighted by molar-refractivity contribution is 7.80. The summed E-state index contributed by atoms with van der Waals surface area (Å²) >= 11 is 0. The maximum Gasteiger partial charge on any atom is 0.135 e. The van der Waals surface area contributed by atoms with Crippen LogP contribution in [0.4, 0.5) is 0 Å². The molecule has 0 radical (unpaired) electrons. The molecule has 0 aliphatic carbocycles. The van der Waals surface area contributed by atoms with Crippen LogP contribution in [0, 0.1) is 0 Å². The Bertz CT molecular complexity index is 2030. The van der Waals surface area contributed by atoms with Crippen LogP contribution in [-0.4, -0.2) is 26.4 Å². The first kappa shape index (κ1) is 31.0. The van der Waals surface area contributed by atoms with Crippen molar-refractivity contribution < 1.29 is 23.7 Å². The van der Waals surface area contributed by atoms with Crippen LogP contribution >= 0.6 is 15.8 Å². The van der Waals surface area contributed by atoms with Crippen molar-refractivity contribution in [3.63, 3.8) is 0 Å². The molecule has 0 amide bonds. The van der Waals surface area contributed by atoms with E-state index in [1.807, 2.05) is 0 Å². The molecule has 0 bridgehead atoms. The number of benzene rings is 6. The van der Waals surface area contributed by atoms with Gasteiger partial charge in [-0.05, 0) is 50.2 Å². The van der Waals surface area contributed by atoms with Crippen LogP contribution in [0.3, 0.4) is 0 Å². The molecule has 6 aromatic carbocycles. The van der Waals surface area contributed by atoms with Gasteiger partial charge in [-0.3, -0.25) is 0 Å². The van der Waals surface area contributed by atoms with Gasteiger partial charge in [0.15, 0.2) is 0 Å².